The van der Waals surface area contributed by atoms with E-state index < -0.39 is 34.9 Å². The van der Waals surface area contributed by atoms with Gasteiger partial charge in [-0.15, -0.1) is 11.8 Å². The molecule has 0 saturated carbocycles. The molecule has 0 radical (unpaired) electrons. The summed E-state index contributed by atoms with van der Waals surface area (Å²) in [4.78, 5) is 14.7. The molecule has 1 aliphatic rings. The van der Waals surface area contributed by atoms with Gasteiger partial charge in [-0.05, 0) is 0 Å². The summed E-state index contributed by atoms with van der Waals surface area (Å²) in [5, 5.41) is 8.88. The van der Waals surface area contributed by atoms with Gasteiger partial charge in [0.15, 0.2) is 0 Å². The van der Waals surface area contributed by atoms with Crippen molar-refractivity contribution >= 4 is 17.6 Å². The highest BCUT2D eigenvalue weighted by Gasteiger charge is 2.36. The molecule has 0 unspecified atom stereocenters. The van der Waals surface area contributed by atoms with Crippen molar-refractivity contribution in [1.82, 2.24) is 9.55 Å². The molecular weight excluding hydrogens is 287 g/mol. The summed E-state index contributed by atoms with van der Waals surface area (Å²) in [6, 6.07) is 0. The summed E-state index contributed by atoms with van der Waals surface area (Å²) < 4.78 is 44.0. The zero-order valence-electron chi connectivity index (χ0n) is 9.42. The number of aliphatic hydroxyl groups is 1. The monoisotopic (exact) mass is 297 g/mol. The number of hydrogen-bond donors (Lipinski definition) is 2. The van der Waals surface area contributed by atoms with Crippen LogP contribution in [-0.2, 0) is 10.9 Å². The van der Waals surface area contributed by atoms with Crippen LogP contribution in [0.1, 0.15) is 11.8 Å². The number of nitrogen functional groups attached to an aromatic ring is 1. The maximum atomic E-state index is 12.7. The van der Waals surface area contributed by atoms with Crippen molar-refractivity contribution in [1.29, 1.82) is 0 Å². The number of aliphatic hydroxyl groups excluding tert-OH is 1. The Balaban J connectivity index is 2.39. The standard InChI is InChI=1S/C9H10F3N3O3S/c10-9(11,12)4-1-15(8(17)14-7(4)13)5-3-19-6(2-16)18-5/h1,5-6,16H,2-3H2,(H2,13,14,17)/t5-,6+/m0/s1. The third kappa shape index (κ3) is 2.85. The third-order valence-electron chi connectivity index (χ3n) is 2.48. The number of aromatic nitrogens is 2. The average Bonchev–Trinajstić information content (AvgIpc) is 2.75. The quantitative estimate of drug-likeness (QED) is 0.822. The minimum absolute atomic E-state index is 0.244. The summed E-state index contributed by atoms with van der Waals surface area (Å²) in [7, 11) is 0. The first-order valence-corrected chi connectivity index (χ1v) is 6.21. The van der Waals surface area contributed by atoms with Crippen LogP contribution in [-0.4, -0.2) is 32.5 Å². The number of hydrogen-bond acceptors (Lipinski definition) is 6. The van der Waals surface area contributed by atoms with E-state index in [2.05, 4.69) is 4.98 Å². The lowest BCUT2D eigenvalue weighted by Gasteiger charge is -2.16. The van der Waals surface area contributed by atoms with Crippen LogP contribution in [0.5, 0.6) is 0 Å². The van der Waals surface area contributed by atoms with Gasteiger partial charge in [0, 0.05) is 11.9 Å². The lowest BCUT2D eigenvalue weighted by molar-refractivity contribution is -0.138. The molecule has 2 rings (SSSR count). The van der Waals surface area contributed by atoms with Gasteiger partial charge in [-0.3, -0.25) is 4.57 Å². The van der Waals surface area contributed by atoms with Crippen LogP contribution in [0.25, 0.3) is 0 Å². The Kier molecular flexibility index (Phi) is 3.74. The van der Waals surface area contributed by atoms with Crippen molar-refractivity contribution in [3.05, 3.63) is 22.2 Å². The minimum atomic E-state index is -4.70. The third-order valence-corrected chi connectivity index (χ3v) is 3.59. The molecule has 19 heavy (non-hydrogen) atoms. The molecule has 0 aliphatic carbocycles. The van der Waals surface area contributed by atoms with Gasteiger partial charge in [-0.25, -0.2) is 4.79 Å². The number of rotatable bonds is 2. The highest BCUT2D eigenvalue weighted by molar-refractivity contribution is 8.00. The van der Waals surface area contributed by atoms with Gasteiger partial charge >= 0.3 is 11.9 Å². The van der Waals surface area contributed by atoms with E-state index >= 15 is 0 Å². The fourth-order valence-corrected chi connectivity index (χ4v) is 2.52. The largest absolute Gasteiger partial charge is 0.421 e. The highest BCUT2D eigenvalue weighted by atomic mass is 32.2. The Bertz CT molecular complexity index is 534. The van der Waals surface area contributed by atoms with E-state index in [1.54, 1.807) is 0 Å². The van der Waals surface area contributed by atoms with Gasteiger partial charge in [0.25, 0.3) is 0 Å². The molecule has 1 aromatic heterocycles. The Labute approximate surface area is 109 Å². The second-order valence-electron chi connectivity index (χ2n) is 3.76. The number of nitrogens with two attached hydrogens (primary N) is 1. The van der Waals surface area contributed by atoms with E-state index in [0.29, 0.717) is 6.20 Å². The van der Waals surface area contributed by atoms with E-state index in [9.17, 15) is 18.0 Å². The zero-order valence-corrected chi connectivity index (χ0v) is 10.2. The van der Waals surface area contributed by atoms with Crippen LogP contribution in [0.4, 0.5) is 19.0 Å². The molecule has 1 fully saturated rings. The summed E-state index contributed by atoms with van der Waals surface area (Å²) in [6.45, 7) is -0.287. The number of thioether (sulfide) groups is 1. The maximum Gasteiger partial charge on any atom is 0.421 e. The average molecular weight is 297 g/mol. The first-order valence-electron chi connectivity index (χ1n) is 5.16. The number of nitrogens with zero attached hydrogens (tertiary/aromatic N) is 2. The molecule has 0 spiro atoms. The van der Waals surface area contributed by atoms with Crippen molar-refractivity contribution in [2.45, 2.75) is 17.8 Å². The Morgan fingerprint density at radius 3 is 2.84 bits per heavy atom. The number of ether oxygens (including phenoxy) is 1. The molecule has 1 aliphatic heterocycles. The van der Waals surface area contributed by atoms with E-state index in [1.165, 1.54) is 11.8 Å². The van der Waals surface area contributed by atoms with E-state index in [0.717, 1.165) is 4.57 Å². The molecule has 3 N–H and O–H groups in total. The SMILES string of the molecule is Nc1nc(=O)n([C@@H]2CS[C@H](CO)O2)cc1C(F)(F)F. The molecular formula is C9H10F3N3O3S. The molecule has 106 valence electrons. The molecule has 1 saturated heterocycles. The van der Waals surface area contributed by atoms with Crippen LogP contribution < -0.4 is 11.4 Å². The smallest absolute Gasteiger partial charge is 0.393 e. The maximum absolute atomic E-state index is 12.7. The second kappa shape index (κ2) is 5.02. The van der Waals surface area contributed by atoms with Crippen LogP contribution >= 0.6 is 11.8 Å². The van der Waals surface area contributed by atoms with E-state index in [-0.39, 0.29) is 12.4 Å². The lowest BCUT2D eigenvalue weighted by Crippen LogP contribution is -2.31. The molecule has 10 heteroatoms. The normalized spacial score (nSPS) is 23.8. The van der Waals surface area contributed by atoms with Gasteiger partial charge in [-0.2, -0.15) is 18.2 Å². The molecule has 0 bridgehead atoms. The lowest BCUT2D eigenvalue weighted by atomic mass is 10.3. The predicted octanol–water partition coefficient (Wildman–Crippen LogP) is 0.425. The van der Waals surface area contributed by atoms with Gasteiger partial charge in [0.05, 0.1) is 6.61 Å². The predicted molar refractivity (Wildman–Crippen MR) is 61.4 cm³/mol. The molecule has 2 heterocycles. The molecule has 0 aromatic carbocycles. The van der Waals surface area contributed by atoms with E-state index in [4.69, 9.17) is 15.6 Å². The number of alkyl halides is 3. The molecule has 2 atom stereocenters. The van der Waals surface area contributed by atoms with Gasteiger partial charge in [0.2, 0.25) is 0 Å². The van der Waals surface area contributed by atoms with Crippen LogP contribution in [0, 0.1) is 0 Å². The van der Waals surface area contributed by atoms with E-state index in [1.807, 2.05) is 0 Å². The topological polar surface area (TPSA) is 90.4 Å². The summed E-state index contributed by atoms with van der Waals surface area (Å²) in [6.07, 6.45) is -5.01. The summed E-state index contributed by atoms with van der Waals surface area (Å²) in [5.41, 5.74) is 2.42. The van der Waals surface area contributed by atoms with Crippen molar-refractivity contribution in [2.75, 3.05) is 18.1 Å². The summed E-state index contributed by atoms with van der Waals surface area (Å²) >= 11 is 1.20. The fraction of sp³-hybridized carbons (Fsp3) is 0.556. The van der Waals surface area contributed by atoms with Crippen molar-refractivity contribution < 1.29 is 23.0 Å². The van der Waals surface area contributed by atoms with Gasteiger partial charge in [-0.1, -0.05) is 0 Å². The number of halogens is 3. The second-order valence-corrected chi connectivity index (χ2v) is 4.96. The Morgan fingerprint density at radius 1 is 1.63 bits per heavy atom. The number of anilines is 1. The fourth-order valence-electron chi connectivity index (χ4n) is 1.59. The van der Waals surface area contributed by atoms with Crippen LogP contribution in [0.15, 0.2) is 11.0 Å². The van der Waals surface area contributed by atoms with Crippen molar-refractivity contribution in [2.24, 2.45) is 0 Å². The highest BCUT2D eigenvalue weighted by Crippen LogP contribution is 2.34. The minimum Gasteiger partial charge on any atom is -0.393 e. The zero-order chi connectivity index (χ0) is 14.2. The Morgan fingerprint density at radius 2 is 2.32 bits per heavy atom. The van der Waals surface area contributed by atoms with Crippen molar-refractivity contribution in [3.63, 3.8) is 0 Å². The van der Waals surface area contributed by atoms with Gasteiger partial charge < -0.3 is 15.6 Å². The molecule has 6 nitrogen and oxygen atoms in total. The van der Waals surface area contributed by atoms with Gasteiger partial charge in [0.1, 0.15) is 23.0 Å². The van der Waals surface area contributed by atoms with Crippen molar-refractivity contribution in [3.8, 4) is 0 Å². The van der Waals surface area contributed by atoms with Crippen LogP contribution in [0.2, 0.25) is 0 Å². The first kappa shape index (κ1) is 14.2. The summed E-state index contributed by atoms with van der Waals surface area (Å²) in [5.74, 6) is -0.619. The molecule has 1 aromatic rings. The molecule has 0 amide bonds. The first-order chi connectivity index (χ1) is 8.82. The van der Waals surface area contributed by atoms with Crippen LogP contribution in [0.3, 0.4) is 0 Å². The Hall–Kier alpha value is -1.26.